The van der Waals surface area contributed by atoms with Gasteiger partial charge in [0.1, 0.15) is 11.6 Å². The molecular formula is C19H27ClN6O. The van der Waals surface area contributed by atoms with Gasteiger partial charge in [0.2, 0.25) is 0 Å². The van der Waals surface area contributed by atoms with Gasteiger partial charge in [0.25, 0.3) is 0 Å². The summed E-state index contributed by atoms with van der Waals surface area (Å²) in [5.74, 6) is 2.80. The summed E-state index contributed by atoms with van der Waals surface area (Å²) >= 11 is 6.27. The van der Waals surface area contributed by atoms with Crippen LogP contribution in [0.25, 0.3) is 0 Å². The molecule has 8 heteroatoms. The Hall–Kier alpha value is -2.28. The Morgan fingerprint density at radius 3 is 2.96 bits per heavy atom. The number of aryl methyl sites for hydroxylation is 2. The predicted molar refractivity (Wildman–Crippen MR) is 109 cm³/mol. The summed E-state index contributed by atoms with van der Waals surface area (Å²) < 4.78 is 5.27. The fourth-order valence-electron chi connectivity index (χ4n) is 3.61. The maximum absolute atomic E-state index is 6.27. The molecule has 27 heavy (non-hydrogen) atoms. The highest BCUT2D eigenvalue weighted by Gasteiger charge is 2.25. The highest BCUT2D eigenvalue weighted by Crippen LogP contribution is 2.26. The van der Waals surface area contributed by atoms with Gasteiger partial charge in [-0.25, -0.2) is 4.98 Å². The van der Waals surface area contributed by atoms with Gasteiger partial charge in [-0.15, -0.1) is 0 Å². The van der Waals surface area contributed by atoms with Crippen LogP contribution in [0.4, 0.5) is 5.82 Å². The molecule has 1 aliphatic rings. The van der Waals surface area contributed by atoms with E-state index in [0.29, 0.717) is 11.1 Å². The van der Waals surface area contributed by atoms with Crippen molar-refractivity contribution in [1.29, 1.82) is 0 Å². The van der Waals surface area contributed by atoms with Crippen LogP contribution >= 0.6 is 11.6 Å². The summed E-state index contributed by atoms with van der Waals surface area (Å²) in [6, 6.07) is 4.02. The van der Waals surface area contributed by atoms with Crippen molar-refractivity contribution in [2.24, 2.45) is 4.99 Å². The summed E-state index contributed by atoms with van der Waals surface area (Å²) in [5.41, 5.74) is 2.11. The number of nitrogens with zero attached hydrogens (tertiary/aromatic N) is 4. The van der Waals surface area contributed by atoms with Crippen molar-refractivity contribution in [1.82, 2.24) is 20.8 Å². The third kappa shape index (κ3) is 4.53. The molecule has 2 unspecified atom stereocenters. The van der Waals surface area contributed by atoms with Gasteiger partial charge in [-0.3, -0.25) is 4.99 Å². The summed E-state index contributed by atoms with van der Waals surface area (Å²) in [4.78, 5) is 11.0. The van der Waals surface area contributed by atoms with Gasteiger partial charge in [-0.2, -0.15) is 0 Å². The Kier molecular flexibility index (Phi) is 6.21. The predicted octanol–water partition coefficient (Wildman–Crippen LogP) is 2.89. The van der Waals surface area contributed by atoms with E-state index in [9.17, 15) is 0 Å². The second-order valence-electron chi connectivity index (χ2n) is 6.98. The second kappa shape index (κ2) is 8.61. The molecule has 0 spiro atoms. The first-order valence-corrected chi connectivity index (χ1v) is 9.62. The lowest BCUT2D eigenvalue weighted by Gasteiger charge is -2.21. The van der Waals surface area contributed by atoms with Crippen LogP contribution in [0, 0.1) is 13.8 Å². The molecule has 146 valence electrons. The van der Waals surface area contributed by atoms with Crippen molar-refractivity contribution in [2.45, 2.75) is 39.2 Å². The zero-order chi connectivity index (χ0) is 19.4. The molecule has 1 saturated heterocycles. The zero-order valence-electron chi connectivity index (χ0n) is 16.3. The SMILES string of the molecule is CN=C(NCC(C)c1c(C)noc1C)NC1CCN(c2ncccc2Cl)C1. The van der Waals surface area contributed by atoms with Crippen LogP contribution < -0.4 is 15.5 Å². The second-order valence-corrected chi connectivity index (χ2v) is 7.38. The molecule has 0 aliphatic carbocycles. The van der Waals surface area contributed by atoms with E-state index in [0.717, 1.165) is 54.9 Å². The molecule has 0 aromatic carbocycles. The van der Waals surface area contributed by atoms with E-state index < -0.39 is 0 Å². The number of nitrogens with one attached hydrogen (secondary N) is 2. The Morgan fingerprint density at radius 1 is 1.48 bits per heavy atom. The highest BCUT2D eigenvalue weighted by atomic mass is 35.5. The summed E-state index contributed by atoms with van der Waals surface area (Å²) in [5, 5.41) is 11.6. The minimum absolute atomic E-state index is 0.280. The maximum Gasteiger partial charge on any atom is 0.191 e. The van der Waals surface area contributed by atoms with Gasteiger partial charge in [-0.05, 0) is 32.4 Å². The lowest BCUT2D eigenvalue weighted by atomic mass is 10.00. The molecule has 2 atom stereocenters. The minimum Gasteiger partial charge on any atom is -0.361 e. The maximum atomic E-state index is 6.27. The van der Waals surface area contributed by atoms with Gasteiger partial charge < -0.3 is 20.1 Å². The fraction of sp³-hybridized carbons (Fsp3) is 0.526. The van der Waals surface area contributed by atoms with Gasteiger partial charge in [0.05, 0.1) is 10.7 Å². The zero-order valence-corrected chi connectivity index (χ0v) is 17.0. The number of aliphatic imine (C=N–C) groups is 1. The van der Waals surface area contributed by atoms with Crippen LogP contribution in [0.1, 0.15) is 36.3 Å². The molecule has 0 bridgehead atoms. The van der Waals surface area contributed by atoms with Crippen LogP contribution in [0.15, 0.2) is 27.8 Å². The van der Waals surface area contributed by atoms with E-state index >= 15 is 0 Å². The standard InChI is InChI=1S/C19H27ClN6O/c1-12(17-13(2)25-27-14(17)3)10-23-19(21-4)24-15-7-9-26(11-15)18-16(20)6-5-8-22-18/h5-6,8,12,15H,7,9-11H2,1-4H3,(H2,21,23,24). The van der Waals surface area contributed by atoms with Crippen molar-refractivity contribution >= 4 is 23.4 Å². The first-order valence-electron chi connectivity index (χ1n) is 9.25. The monoisotopic (exact) mass is 390 g/mol. The number of hydrogen-bond donors (Lipinski definition) is 2. The normalized spacial score (nSPS) is 18.6. The van der Waals surface area contributed by atoms with Crippen LogP contribution in [0.2, 0.25) is 5.02 Å². The average Bonchev–Trinajstić information content (AvgIpc) is 3.25. The topological polar surface area (TPSA) is 78.6 Å². The molecule has 2 aromatic rings. The summed E-state index contributed by atoms with van der Waals surface area (Å²) in [6.07, 6.45) is 2.78. The first-order chi connectivity index (χ1) is 13.0. The van der Waals surface area contributed by atoms with Crippen LogP contribution in [-0.4, -0.2) is 48.8 Å². The van der Waals surface area contributed by atoms with E-state index in [-0.39, 0.29) is 5.92 Å². The van der Waals surface area contributed by atoms with E-state index in [1.807, 2.05) is 26.0 Å². The quantitative estimate of drug-likeness (QED) is 0.603. The lowest BCUT2D eigenvalue weighted by Crippen LogP contribution is -2.45. The molecule has 2 N–H and O–H groups in total. The third-order valence-electron chi connectivity index (χ3n) is 4.95. The number of aromatic nitrogens is 2. The van der Waals surface area contributed by atoms with Crippen molar-refractivity contribution < 1.29 is 4.52 Å². The Morgan fingerprint density at radius 2 is 2.30 bits per heavy atom. The van der Waals surface area contributed by atoms with E-state index in [1.54, 1.807) is 13.2 Å². The molecule has 0 amide bonds. The number of pyridine rings is 1. The van der Waals surface area contributed by atoms with E-state index in [2.05, 4.69) is 37.6 Å². The Labute approximate surface area is 165 Å². The average molecular weight is 391 g/mol. The van der Waals surface area contributed by atoms with Gasteiger partial charge in [-0.1, -0.05) is 23.7 Å². The number of halogens is 1. The molecule has 1 aliphatic heterocycles. The van der Waals surface area contributed by atoms with Gasteiger partial charge in [0.15, 0.2) is 5.96 Å². The molecule has 1 fully saturated rings. The Balaban J connectivity index is 1.53. The van der Waals surface area contributed by atoms with Crippen molar-refractivity contribution in [2.75, 3.05) is 31.6 Å². The third-order valence-corrected chi connectivity index (χ3v) is 5.24. The van der Waals surface area contributed by atoms with E-state index in [1.165, 1.54) is 0 Å². The summed E-state index contributed by atoms with van der Waals surface area (Å²) in [7, 11) is 1.79. The van der Waals surface area contributed by atoms with Crippen LogP contribution in [-0.2, 0) is 0 Å². The molecule has 3 rings (SSSR count). The number of rotatable bonds is 5. The van der Waals surface area contributed by atoms with Crippen LogP contribution in [0.3, 0.4) is 0 Å². The number of anilines is 1. The minimum atomic E-state index is 0.280. The van der Waals surface area contributed by atoms with Crippen molar-refractivity contribution in [3.05, 3.63) is 40.4 Å². The highest BCUT2D eigenvalue weighted by molar-refractivity contribution is 6.32. The molecule has 7 nitrogen and oxygen atoms in total. The lowest BCUT2D eigenvalue weighted by molar-refractivity contribution is 0.391. The largest absolute Gasteiger partial charge is 0.361 e. The van der Waals surface area contributed by atoms with Gasteiger partial charge in [0, 0.05) is 50.4 Å². The molecule has 0 radical (unpaired) electrons. The molecule has 0 saturated carbocycles. The molecule has 2 aromatic heterocycles. The van der Waals surface area contributed by atoms with Gasteiger partial charge >= 0.3 is 0 Å². The first kappa shape index (κ1) is 19.5. The van der Waals surface area contributed by atoms with E-state index in [4.69, 9.17) is 16.1 Å². The van der Waals surface area contributed by atoms with Crippen molar-refractivity contribution in [3.8, 4) is 0 Å². The molecular weight excluding hydrogens is 364 g/mol. The van der Waals surface area contributed by atoms with Crippen LogP contribution in [0.5, 0.6) is 0 Å². The smallest absolute Gasteiger partial charge is 0.191 e. The number of guanidine groups is 1. The summed E-state index contributed by atoms with van der Waals surface area (Å²) in [6.45, 7) is 8.61. The fourth-order valence-corrected chi connectivity index (χ4v) is 3.86. The Bertz CT molecular complexity index is 786. The number of hydrogen-bond acceptors (Lipinski definition) is 5. The van der Waals surface area contributed by atoms with Crippen molar-refractivity contribution in [3.63, 3.8) is 0 Å². The molecule has 3 heterocycles.